The van der Waals surface area contributed by atoms with Crippen LogP contribution in [0.5, 0.6) is 5.75 Å². The molecule has 1 unspecified atom stereocenters. The van der Waals surface area contributed by atoms with Crippen LogP contribution in [0.3, 0.4) is 0 Å². The number of benzene rings is 2. The highest BCUT2D eigenvalue weighted by molar-refractivity contribution is 5.98. The van der Waals surface area contributed by atoms with Gasteiger partial charge in [0.15, 0.2) is 0 Å². The third-order valence-electron chi connectivity index (χ3n) is 7.29. The fourth-order valence-corrected chi connectivity index (χ4v) is 5.69. The van der Waals surface area contributed by atoms with Gasteiger partial charge in [-0.3, -0.25) is 4.98 Å². The van der Waals surface area contributed by atoms with E-state index in [-0.39, 0.29) is 5.97 Å². The number of carbonyl (C=O) groups excluding carboxylic acids is 1. The Labute approximate surface area is 212 Å². The summed E-state index contributed by atoms with van der Waals surface area (Å²) in [5.74, 6) is 0.326. The first kappa shape index (κ1) is 23.9. The Balaban J connectivity index is 1.91. The van der Waals surface area contributed by atoms with E-state index in [4.69, 9.17) is 14.5 Å². The molecule has 0 aliphatic carbocycles. The lowest BCUT2D eigenvalue weighted by Crippen LogP contribution is -2.32. The second-order valence-corrected chi connectivity index (χ2v) is 9.01. The average Bonchev–Trinajstić information content (AvgIpc) is 3.37. The van der Waals surface area contributed by atoms with Gasteiger partial charge in [-0.15, -0.1) is 0 Å². The zero-order valence-corrected chi connectivity index (χ0v) is 21.7. The number of ether oxygens (including phenoxy) is 2. The van der Waals surface area contributed by atoms with Crippen LogP contribution in [0.2, 0.25) is 0 Å². The Kier molecular flexibility index (Phi) is 6.20. The quantitative estimate of drug-likeness (QED) is 0.295. The fraction of sp³-hybridized carbons (Fsp3) is 0.333. The summed E-state index contributed by atoms with van der Waals surface area (Å²) in [5.41, 5.74) is 4.86. The van der Waals surface area contributed by atoms with Crippen molar-refractivity contribution >= 4 is 22.6 Å². The van der Waals surface area contributed by atoms with Crippen LogP contribution in [0.15, 0.2) is 60.8 Å². The molecule has 0 saturated carbocycles. The maximum absolute atomic E-state index is 13.4. The molecule has 0 radical (unpaired) electrons. The van der Waals surface area contributed by atoms with E-state index in [0.717, 1.165) is 52.9 Å². The van der Waals surface area contributed by atoms with Crippen LogP contribution in [-0.4, -0.2) is 35.2 Å². The Hall–Kier alpha value is -3.80. The first-order valence-electron chi connectivity index (χ1n) is 12.8. The van der Waals surface area contributed by atoms with Crippen molar-refractivity contribution in [3.8, 4) is 5.75 Å². The predicted molar refractivity (Wildman–Crippen MR) is 143 cm³/mol. The number of carbonyl (C=O) groups is 1. The van der Waals surface area contributed by atoms with Gasteiger partial charge >= 0.3 is 5.97 Å². The van der Waals surface area contributed by atoms with Crippen LogP contribution in [0.1, 0.15) is 60.6 Å². The number of aryl methyl sites for hydroxylation is 1. The summed E-state index contributed by atoms with van der Waals surface area (Å²) in [6.07, 6.45) is 2.50. The second-order valence-electron chi connectivity index (χ2n) is 9.01. The van der Waals surface area contributed by atoms with Gasteiger partial charge in [-0.1, -0.05) is 25.1 Å². The van der Waals surface area contributed by atoms with Crippen molar-refractivity contribution in [2.45, 2.75) is 39.7 Å². The van der Waals surface area contributed by atoms with E-state index in [0.29, 0.717) is 23.6 Å². The zero-order valence-electron chi connectivity index (χ0n) is 21.7. The molecule has 186 valence electrons. The second kappa shape index (κ2) is 9.34. The van der Waals surface area contributed by atoms with Gasteiger partial charge in [-0.2, -0.15) is 0 Å². The number of cyclic esters (lactones) is 1. The lowest BCUT2D eigenvalue weighted by molar-refractivity contribution is 0.0237. The van der Waals surface area contributed by atoms with E-state index in [1.54, 1.807) is 18.3 Å². The van der Waals surface area contributed by atoms with Crippen molar-refractivity contribution in [1.29, 1.82) is 0 Å². The summed E-state index contributed by atoms with van der Waals surface area (Å²) in [6.45, 7) is 10.6. The first-order valence-corrected chi connectivity index (χ1v) is 12.8. The van der Waals surface area contributed by atoms with Crippen molar-refractivity contribution in [2.24, 2.45) is 7.05 Å². The topological polar surface area (TPSA) is 56.6 Å². The Morgan fingerprint density at radius 1 is 1.03 bits per heavy atom. The third kappa shape index (κ3) is 3.39. The molecule has 0 bridgehead atoms. The van der Waals surface area contributed by atoms with Gasteiger partial charge in [0.25, 0.3) is 0 Å². The highest BCUT2D eigenvalue weighted by Crippen LogP contribution is 2.52. The lowest BCUT2D eigenvalue weighted by atomic mass is 9.80. The normalized spacial score (nSPS) is 16.8. The smallest absolute Gasteiger partial charge is 0.341 e. The number of hydrogen-bond donors (Lipinski definition) is 0. The Morgan fingerprint density at radius 2 is 1.81 bits per heavy atom. The van der Waals surface area contributed by atoms with Gasteiger partial charge in [0.2, 0.25) is 5.60 Å². The van der Waals surface area contributed by atoms with Crippen molar-refractivity contribution in [3.05, 3.63) is 88.9 Å². The summed E-state index contributed by atoms with van der Waals surface area (Å²) in [6, 6.07) is 18.1. The third-order valence-corrected chi connectivity index (χ3v) is 7.29. The van der Waals surface area contributed by atoms with E-state index in [1.807, 2.05) is 19.1 Å². The number of para-hydroxylation sites is 1. The Bertz CT molecular complexity index is 1440. The van der Waals surface area contributed by atoms with E-state index in [2.05, 4.69) is 67.6 Å². The molecule has 3 heterocycles. The SMILES string of the molecule is CCOc1cc(N(CC)CC)ccc1C1(c2c(CC)n(C)c3ccccc23)OC(=O)c2cccnc21. The monoisotopic (exact) mass is 483 g/mol. The van der Waals surface area contributed by atoms with E-state index in [9.17, 15) is 4.79 Å². The van der Waals surface area contributed by atoms with Crippen molar-refractivity contribution in [3.63, 3.8) is 0 Å². The molecular formula is C30H33N3O3. The molecule has 4 aromatic rings. The van der Waals surface area contributed by atoms with Gasteiger partial charge in [-0.05, 0) is 57.5 Å². The van der Waals surface area contributed by atoms with Crippen LogP contribution in [0, 0.1) is 0 Å². The van der Waals surface area contributed by atoms with Gasteiger partial charge in [-0.25, -0.2) is 4.79 Å². The minimum absolute atomic E-state index is 0.372. The molecule has 5 rings (SSSR count). The van der Waals surface area contributed by atoms with Gasteiger partial charge in [0.1, 0.15) is 11.4 Å². The molecule has 1 atom stereocenters. The number of aromatic nitrogens is 2. The molecule has 0 N–H and O–H groups in total. The molecule has 36 heavy (non-hydrogen) atoms. The largest absolute Gasteiger partial charge is 0.493 e. The van der Waals surface area contributed by atoms with Crippen LogP contribution < -0.4 is 9.64 Å². The van der Waals surface area contributed by atoms with Gasteiger partial charge in [0, 0.05) is 65.8 Å². The van der Waals surface area contributed by atoms with Gasteiger partial charge < -0.3 is 18.9 Å². The molecule has 0 saturated heterocycles. The molecule has 1 aliphatic heterocycles. The van der Waals surface area contributed by atoms with E-state index >= 15 is 0 Å². The number of hydrogen-bond acceptors (Lipinski definition) is 5. The average molecular weight is 484 g/mol. The molecule has 0 fully saturated rings. The lowest BCUT2D eigenvalue weighted by Gasteiger charge is -2.32. The van der Waals surface area contributed by atoms with Crippen LogP contribution >= 0.6 is 0 Å². The Morgan fingerprint density at radius 3 is 2.53 bits per heavy atom. The van der Waals surface area contributed by atoms with Crippen molar-refractivity contribution in [1.82, 2.24) is 9.55 Å². The maximum Gasteiger partial charge on any atom is 0.341 e. The zero-order chi connectivity index (χ0) is 25.4. The number of pyridine rings is 1. The number of fused-ring (bicyclic) bond motifs is 2. The van der Waals surface area contributed by atoms with E-state index < -0.39 is 5.60 Å². The highest BCUT2D eigenvalue weighted by atomic mass is 16.6. The fourth-order valence-electron chi connectivity index (χ4n) is 5.69. The number of rotatable bonds is 8. The minimum atomic E-state index is -1.23. The van der Waals surface area contributed by atoms with Crippen LogP contribution in [0.25, 0.3) is 10.9 Å². The minimum Gasteiger partial charge on any atom is -0.493 e. The molecule has 1 aliphatic rings. The standard InChI is InChI=1S/C30H33N3O3/c1-6-24-27(21-13-10-11-15-25(21)32(24)5)30(28-22(29(34)36-30)14-12-18-31-28)23-17-16-20(33(7-2)8-3)19-26(23)35-9-4/h10-19H,6-9H2,1-5H3. The molecular weight excluding hydrogens is 450 g/mol. The van der Waals surface area contributed by atoms with Crippen molar-refractivity contribution in [2.75, 3.05) is 24.6 Å². The summed E-state index contributed by atoms with van der Waals surface area (Å²) >= 11 is 0. The van der Waals surface area contributed by atoms with Crippen LogP contribution in [0.4, 0.5) is 5.69 Å². The summed E-state index contributed by atoms with van der Waals surface area (Å²) < 4.78 is 15.0. The molecule has 6 heteroatoms. The summed E-state index contributed by atoms with van der Waals surface area (Å²) in [4.78, 5) is 20.4. The maximum atomic E-state index is 13.4. The summed E-state index contributed by atoms with van der Waals surface area (Å²) in [5, 5.41) is 1.04. The first-order chi connectivity index (χ1) is 17.5. The predicted octanol–water partition coefficient (Wildman–Crippen LogP) is 5.84. The molecule has 2 aromatic heterocycles. The molecule has 2 aromatic carbocycles. The molecule has 0 amide bonds. The number of nitrogens with zero attached hydrogens (tertiary/aromatic N) is 3. The highest BCUT2D eigenvalue weighted by Gasteiger charge is 2.54. The van der Waals surface area contributed by atoms with E-state index in [1.165, 1.54) is 0 Å². The number of anilines is 1. The molecule has 0 spiro atoms. The number of esters is 1. The summed E-state index contributed by atoms with van der Waals surface area (Å²) in [7, 11) is 2.07. The van der Waals surface area contributed by atoms with Gasteiger partial charge in [0.05, 0.1) is 12.2 Å². The molecule has 6 nitrogen and oxygen atoms in total. The van der Waals surface area contributed by atoms with Crippen LogP contribution in [-0.2, 0) is 23.8 Å². The van der Waals surface area contributed by atoms with Crippen molar-refractivity contribution < 1.29 is 14.3 Å².